The number of amides is 1. The zero-order chi connectivity index (χ0) is 29.3. The minimum Gasteiger partial charge on any atom is -0.459 e. The smallest absolute Gasteiger partial charge is 0.420 e. The number of hydrogen-bond donors (Lipinski definition) is 1. The molecule has 1 saturated heterocycles. The third-order valence-electron chi connectivity index (χ3n) is 7.22. The summed E-state index contributed by atoms with van der Waals surface area (Å²) in [5.74, 6) is 0.159. The van der Waals surface area contributed by atoms with Crippen molar-refractivity contribution in [2.24, 2.45) is 0 Å². The lowest BCUT2D eigenvalue weighted by Crippen LogP contribution is -2.36. The molecule has 6 rings (SSSR count). The lowest BCUT2D eigenvalue weighted by Gasteiger charge is -2.28. The fraction of sp³-hybridized carbons (Fsp3) is 0.267. The van der Waals surface area contributed by atoms with E-state index in [2.05, 4.69) is 20.2 Å². The highest BCUT2D eigenvalue weighted by Crippen LogP contribution is 2.38. The number of morpholine rings is 1. The lowest BCUT2D eigenvalue weighted by molar-refractivity contribution is -0.137. The summed E-state index contributed by atoms with van der Waals surface area (Å²) in [5, 5.41) is 12.1. The standard InChI is InChI=1S/C30H25F3N6O3/c31-30(32,33)24-17-35-29(36-22-4-6-23(7-5-22)38-10-12-41-13-11-38)37-27(24)26-15-21-18-39(9-8-25(21)42-26)28(40)20-3-1-2-19(14-20)16-34/h1-7,14-15,17H,8-13,18H2,(H,35,36,37). The van der Waals surface area contributed by atoms with Crippen LogP contribution in [0.5, 0.6) is 0 Å². The normalized spacial score (nSPS) is 15.2. The van der Waals surface area contributed by atoms with Crippen molar-refractivity contribution < 1.29 is 27.1 Å². The van der Waals surface area contributed by atoms with Crippen molar-refractivity contribution in [1.82, 2.24) is 14.9 Å². The molecule has 2 aromatic heterocycles. The van der Waals surface area contributed by atoms with E-state index in [1.165, 1.54) is 12.1 Å². The molecule has 0 aliphatic carbocycles. The quantitative estimate of drug-likeness (QED) is 0.338. The van der Waals surface area contributed by atoms with Crippen LogP contribution >= 0.6 is 0 Å². The Labute approximate surface area is 239 Å². The molecule has 0 radical (unpaired) electrons. The molecule has 42 heavy (non-hydrogen) atoms. The van der Waals surface area contributed by atoms with Gasteiger partial charge in [-0.1, -0.05) is 6.07 Å². The molecule has 2 aliphatic rings. The number of anilines is 3. The average molecular weight is 575 g/mol. The zero-order valence-electron chi connectivity index (χ0n) is 22.3. The van der Waals surface area contributed by atoms with Gasteiger partial charge >= 0.3 is 6.18 Å². The summed E-state index contributed by atoms with van der Waals surface area (Å²) in [5.41, 5.74) is 1.55. The molecule has 214 valence electrons. The number of carbonyl (C=O) groups excluding carboxylic acids is 1. The van der Waals surface area contributed by atoms with E-state index in [4.69, 9.17) is 14.4 Å². The van der Waals surface area contributed by atoms with E-state index in [1.54, 1.807) is 23.1 Å². The number of halogens is 3. The topological polar surface area (TPSA) is 108 Å². The first-order valence-electron chi connectivity index (χ1n) is 13.3. The van der Waals surface area contributed by atoms with Crippen LogP contribution in [0.15, 0.2) is 65.2 Å². The van der Waals surface area contributed by atoms with E-state index in [9.17, 15) is 18.0 Å². The van der Waals surface area contributed by atoms with Crippen molar-refractivity contribution >= 4 is 23.2 Å². The summed E-state index contributed by atoms with van der Waals surface area (Å²) in [4.78, 5) is 25.0. The Morgan fingerprint density at radius 2 is 1.83 bits per heavy atom. The van der Waals surface area contributed by atoms with Crippen LogP contribution in [-0.4, -0.2) is 53.6 Å². The minimum atomic E-state index is -4.71. The number of benzene rings is 2. The molecule has 2 aliphatic heterocycles. The summed E-state index contributed by atoms with van der Waals surface area (Å²) in [6.45, 7) is 3.35. The van der Waals surface area contributed by atoms with Crippen LogP contribution in [0, 0.1) is 11.3 Å². The van der Waals surface area contributed by atoms with Crippen molar-refractivity contribution in [2.45, 2.75) is 19.1 Å². The molecule has 0 saturated carbocycles. The molecule has 9 nitrogen and oxygen atoms in total. The van der Waals surface area contributed by atoms with Gasteiger partial charge in [-0.05, 0) is 48.5 Å². The number of carbonyl (C=O) groups is 1. The van der Waals surface area contributed by atoms with E-state index in [1.807, 2.05) is 30.3 Å². The Balaban J connectivity index is 1.24. The fourth-order valence-electron chi connectivity index (χ4n) is 5.07. The van der Waals surface area contributed by atoms with Gasteiger partial charge in [-0.25, -0.2) is 9.97 Å². The molecule has 1 amide bonds. The summed E-state index contributed by atoms with van der Waals surface area (Å²) in [6, 6.07) is 17.4. The van der Waals surface area contributed by atoms with E-state index < -0.39 is 11.7 Å². The van der Waals surface area contributed by atoms with Gasteiger partial charge in [-0.15, -0.1) is 0 Å². The molecular weight excluding hydrogens is 549 g/mol. The van der Waals surface area contributed by atoms with Crippen LogP contribution in [-0.2, 0) is 23.9 Å². The first-order valence-corrected chi connectivity index (χ1v) is 13.3. The molecule has 4 aromatic rings. The highest BCUT2D eigenvalue weighted by molar-refractivity contribution is 5.94. The Bertz CT molecular complexity index is 1660. The maximum atomic E-state index is 14.0. The molecule has 12 heteroatoms. The molecular formula is C30H25F3N6O3. The van der Waals surface area contributed by atoms with Crippen LogP contribution in [0.1, 0.15) is 32.8 Å². The van der Waals surface area contributed by atoms with Crippen molar-refractivity contribution in [3.63, 3.8) is 0 Å². The second-order valence-electron chi connectivity index (χ2n) is 9.95. The van der Waals surface area contributed by atoms with Gasteiger partial charge in [-0.2, -0.15) is 18.4 Å². The number of nitrogens with zero attached hydrogens (tertiary/aromatic N) is 5. The number of rotatable bonds is 5. The first-order chi connectivity index (χ1) is 20.3. The zero-order valence-corrected chi connectivity index (χ0v) is 22.3. The molecule has 0 bridgehead atoms. The van der Waals surface area contributed by atoms with Gasteiger partial charge in [0.05, 0.1) is 24.8 Å². The third-order valence-corrected chi connectivity index (χ3v) is 7.22. The summed E-state index contributed by atoms with van der Waals surface area (Å²) in [6.07, 6.45) is -3.65. The predicted octanol–water partition coefficient (Wildman–Crippen LogP) is 5.41. The van der Waals surface area contributed by atoms with Gasteiger partial charge in [0.2, 0.25) is 5.95 Å². The number of aromatic nitrogens is 2. The lowest BCUT2D eigenvalue weighted by atomic mass is 10.1. The number of alkyl halides is 3. The summed E-state index contributed by atoms with van der Waals surface area (Å²) in [7, 11) is 0. The van der Waals surface area contributed by atoms with Gasteiger partial charge in [0.25, 0.3) is 5.91 Å². The van der Waals surface area contributed by atoms with Gasteiger partial charge < -0.3 is 24.3 Å². The predicted molar refractivity (Wildman–Crippen MR) is 147 cm³/mol. The van der Waals surface area contributed by atoms with E-state index >= 15 is 0 Å². The Kier molecular flexibility index (Phi) is 7.26. The van der Waals surface area contributed by atoms with Gasteiger partial charge in [0, 0.05) is 61.3 Å². The Hall–Kier alpha value is -4.89. The molecule has 1 fully saturated rings. The maximum absolute atomic E-state index is 14.0. The monoisotopic (exact) mass is 574 g/mol. The molecule has 4 heterocycles. The van der Waals surface area contributed by atoms with E-state index in [0.717, 1.165) is 25.0 Å². The van der Waals surface area contributed by atoms with Gasteiger partial charge in [0.1, 0.15) is 17.0 Å². The second kappa shape index (κ2) is 11.2. The van der Waals surface area contributed by atoms with E-state index in [-0.39, 0.29) is 29.9 Å². The van der Waals surface area contributed by atoms with Crippen molar-refractivity contribution in [2.75, 3.05) is 43.1 Å². The first kappa shape index (κ1) is 27.3. The van der Waals surface area contributed by atoms with Crippen LogP contribution < -0.4 is 10.2 Å². The number of nitriles is 1. The highest BCUT2D eigenvalue weighted by Gasteiger charge is 2.37. The minimum absolute atomic E-state index is 0.0133. The SMILES string of the molecule is N#Cc1cccc(C(=O)N2CCc3oc(-c4nc(Nc5ccc(N6CCOCC6)cc5)ncc4C(F)(F)F)cc3C2)c1. The van der Waals surface area contributed by atoms with Crippen LogP contribution in [0.25, 0.3) is 11.5 Å². The van der Waals surface area contributed by atoms with Crippen molar-refractivity contribution in [3.8, 4) is 17.5 Å². The molecule has 1 N–H and O–H groups in total. The van der Waals surface area contributed by atoms with Gasteiger partial charge in [0.15, 0.2) is 5.76 Å². The third kappa shape index (κ3) is 5.64. The number of ether oxygens (including phenoxy) is 1. The van der Waals surface area contributed by atoms with E-state index in [0.29, 0.717) is 54.3 Å². The molecule has 0 unspecified atom stereocenters. The largest absolute Gasteiger partial charge is 0.459 e. The Morgan fingerprint density at radius 3 is 2.57 bits per heavy atom. The Morgan fingerprint density at radius 1 is 1.05 bits per heavy atom. The molecule has 0 spiro atoms. The maximum Gasteiger partial charge on any atom is 0.420 e. The van der Waals surface area contributed by atoms with Crippen LogP contribution in [0.3, 0.4) is 0 Å². The average Bonchev–Trinajstić information content (AvgIpc) is 3.44. The van der Waals surface area contributed by atoms with Crippen molar-refractivity contribution in [3.05, 3.63) is 88.8 Å². The van der Waals surface area contributed by atoms with Crippen molar-refractivity contribution in [1.29, 1.82) is 5.26 Å². The number of fused-ring (bicyclic) bond motifs is 1. The fourth-order valence-corrected chi connectivity index (χ4v) is 5.07. The molecule has 0 atom stereocenters. The summed E-state index contributed by atoms with van der Waals surface area (Å²) >= 11 is 0. The second-order valence-corrected chi connectivity index (χ2v) is 9.95. The number of hydrogen-bond acceptors (Lipinski definition) is 8. The van der Waals surface area contributed by atoms with Crippen LogP contribution in [0.2, 0.25) is 0 Å². The highest BCUT2D eigenvalue weighted by atomic mass is 19.4. The number of furan rings is 1. The van der Waals surface area contributed by atoms with Gasteiger partial charge in [-0.3, -0.25) is 4.79 Å². The summed E-state index contributed by atoms with van der Waals surface area (Å²) < 4.78 is 53.2. The van der Waals surface area contributed by atoms with Crippen LogP contribution in [0.4, 0.5) is 30.5 Å². The number of nitrogens with one attached hydrogen (secondary N) is 1. The molecule has 2 aromatic carbocycles.